The number of oxime groups is 2. The molecule has 10 heteroatoms. The summed E-state index contributed by atoms with van der Waals surface area (Å²) >= 11 is 0. The van der Waals surface area contributed by atoms with Crippen molar-refractivity contribution < 1.29 is 38.2 Å². The predicted octanol–water partition coefficient (Wildman–Crippen LogP) is 3.34. The second-order valence-electron chi connectivity index (χ2n) is 8.65. The van der Waals surface area contributed by atoms with Crippen LogP contribution in [0.5, 0.6) is 23.0 Å². The van der Waals surface area contributed by atoms with Crippen LogP contribution in [0, 0.1) is 10.8 Å². The fraction of sp³-hybridized carbons (Fsp3) is 0.385. The molecule has 2 atom stereocenters. The van der Waals surface area contributed by atoms with E-state index in [1.54, 1.807) is 50.2 Å². The quantitative estimate of drug-likeness (QED) is 0.486. The molecule has 0 radical (unpaired) electrons. The second-order valence-corrected chi connectivity index (χ2v) is 8.65. The van der Waals surface area contributed by atoms with E-state index in [4.69, 9.17) is 28.6 Å². The Kier molecular flexibility index (Phi) is 6.62. The van der Waals surface area contributed by atoms with Gasteiger partial charge in [0.2, 0.25) is 0 Å². The lowest BCUT2D eigenvalue weighted by Gasteiger charge is -2.40. The molecular weight excluding hydrogens is 468 g/mol. The zero-order valence-corrected chi connectivity index (χ0v) is 21.0. The van der Waals surface area contributed by atoms with Gasteiger partial charge in [-0.2, -0.15) is 0 Å². The first-order valence-electron chi connectivity index (χ1n) is 11.2. The van der Waals surface area contributed by atoms with E-state index in [2.05, 4.69) is 10.3 Å². The highest BCUT2D eigenvalue weighted by Crippen LogP contribution is 2.53. The molecule has 0 saturated heterocycles. The van der Waals surface area contributed by atoms with E-state index >= 15 is 0 Å². The number of nitrogens with zero attached hydrogens (tertiary/aromatic N) is 2. The van der Waals surface area contributed by atoms with E-state index in [1.165, 1.54) is 28.4 Å². The molecule has 2 aromatic rings. The van der Waals surface area contributed by atoms with Gasteiger partial charge in [0.05, 0.1) is 39.9 Å². The van der Waals surface area contributed by atoms with Crippen molar-refractivity contribution in [2.45, 2.75) is 26.7 Å². The molecule has 0 aliphatic carbocycles. The Hall–Kier alpha value is -4.08. The fourth-order valence-corrected chi connectivity index (χ4v) is 5.09. The van der Waals surface area contributed by atoms with Gasteiger partial charge in [-0.3, -0.25) is 0 Å². The van der Waals surface area contributed by atoms with Crippen LogP contribution in [0.25, 0.3) is 0 Å². The van der Waals surface area contributed by atoms with Crippen molar-refractivity contribution in [3.8, 4) is 23.0 Å². The number of hydrogen-bond acceptors (Lipinski definition) is 10. The molecule has 0 amide bonds. The zero-order chi connectivity index (χ0) is 26.1. The first-order valence-corrected chi connectivity index (χ1v) is 11.2. The average molecular weight is 497 g/mol. The molecule has 2 aliphatic heterocycles. The molecule has 2 aliphatic rings. The van der Waals surface area contributed by atoms with E-state index < -0.39 is 22.8 Å². The summed E-state index contributed by atoms with van der Waals surface area (Å²) in [5.74, 6) is 0.715. The summed E-state index contributed by atoms with van der Waals surface area (Å²) in [6, 6.07) is 10.6. The van der Waals surface area contributed by atoms with Crippen molar-refractivity contribution in [2.24, 2.45) is 21.1 Å². The lowest BCUT2D eigenvalue weighted by atomic mass is 9.54. The largest absolute Gasteiger partial charge is 0.493 e. The minimum atomic E-state index is -1.53. The van der Waals surface area contributed by atoms with Crippen molar-refractivity contribution in [3.63, 3.8) is 0 Å². The molecule has 0 N–H and O–H groups in total. The molecule has 36 heavy (non-hydrogen) atoms. The number of carbonyl (C=O) groups is 2. The van der Waals surface area contributed by atoms with E-state index in [1.807, 2.05) is 0 Å². The summed E-state index contributed by atoms with van der Waals surface area (Å²) in [5.41, 5.74) is -0.949. The number of hydrogen-bond donors (Lipinski definition) is 0. The van der Waals surface area contributed by atoms with Crippen LogP contribution in [0.1, 0.15) is 25.0 Å². The number of ether oxygens (including phenoxy) is 4. The van der Waals surface area contributed by atoms with E-state index in [-0.39, 0.29) is 12.8 Å². The molecule has 0 saturated carbocycles. The van der Waals surface area contributed by atoms with Gasteiger partial charge in [0.1, 0.15) is 10.8 Å². The summed E-state index contributed by atoms with van der Waals surface area (Å²) in [6.45, 7) is 3.34. The topological polar surface area (TPSA) is 114 Å². The van der Waals surface area contributed by atoms with Gasteiger partial charge >= 0.3 is 11.9 Å². The van der Waals surface area contributed by atoms with Gasteiger partial charge in [-0.1, -0.05) is 22.4 Å². The number of carbonyl (C=O) groups excluding carboxylic acids is 2. The lowest BCUT2D eigenvalue weighted by Crippen LogP contribution is -2.59. The third-order valence-electron chi connectivity index (χ3n) is 7.03. The van der Waals surface area contributed by atoms with Crippen LogP contribution in [0.2, 0.25) is 0 Å². The minimum absolute atomic E-state index is 0.0801. The summed E-state index contributed by atoms with van der Waals surface area (Å²) in [4.78, 5) is 37.6. The summed E-state index contributed by atoms with van der Waals surface area (Å²) in [7, 11) is 6.13. The Labute approximate surface area is 208 Å². The van der Waals surface area contributed by atoms with Crippen molar-refractivity contribution >= 4 is 23.4 Å². The SMILES string of the molecule is COc1ccc(CC2(C3(Cc4ccc(OC)c(OC)c4)C(=O)ON=C3C)C(=O)ON=C2C)cc1OC. The number of methoxy groups -OCH3 is 4. The molecule has 2 heterocycles. The van der Waals surface area contributed by atoms with E-state index in [0.717, 1.165) is 0 Å². The fourth-order valence-electron chi connectivity index (χ4n) is 5.09. The number of rotatable bonds is 9. The van der Waals surface area contributed by atoms with Crippen molar-refractivity contribution in [1.29, 1.82) is 0 Å². The van der Waals surface area contributed by atoms with Crippen molar-refractivity contribution in [1.82, 2.24) is 0 Å². The average Bonchev–Trinajstić information content (AvgIpc) is 3.34. The molecule has 0 bridgehead atoms. The van der Waals surface area contributed by atoms with Gasteiger partial charge in [-0.25, -0.2) is 9.59 Å². The molecule has 4 rings (SSSR count). The third-order valence-corrected chi connectivity index (χ3v) is 7.03. The molecule has 190 valence electrons. The molecule has 2 unspecified atom stereocenters. The van der Waals surface area contributed by atoms with Crippen LogP contribution < -0.4 is 18.9 Å². The highest BCUT2D eigenvalue weighted by molar-refractivity contribution is 6.22. The van der Waals surface area contributed by atoms with Crippen LogP contribution in [-0.4, -0.2) is 51.8 Å². The van der Waals surface area contributed by atoms with Gasteiger partial charge in [-0.05, 0) is 62.1 Å². The first-order chi connectivity index (χ1) is 17.3. The van der Waals surface area contributed by atoms with E-state index in [0.29, 0.717) is 45.5 Å². The smallest absolute Gasteiger partial charge is 0.348 e. The molecule has 10 nitrogen and oxygen atoms in total. The highest BCUT2D eigenvalue weighted by atomic mass is 16.7. The van der Waals surface area contributed by atoms with Crippen molar-refractivity contribution in [2.75, 3.05) is 28.4 Å². The molecule has 0 aromatic heterocycles. The van der Waals surface area contributed by atoms with Gasteiger partial charge < -0.3 is 28.6 Å². The zero-order valence-electron chi connectivity index (χ0n) is 21.0. The Bertz CT molecular complexity index is 1170. The lowest BCUT2D eigenvalue weighted by molar-refractivity contribution is -0.163. The Morgan fingerprint density at radius 2 is 1.00 bits per heavy atom. The highest BCUT2D eigenvalue weighted by Gasteiger charge is 2.70. The monoisotopic (exact) mass is 496 g/mol. The predicted molar refractivity (Wildman–Crippen MR) is 130 cm³/mol. The maximum absolute atomic E-state index is 13.6. The van der Waals surface area contributed by atoms with Gasteiger partial charge in [0.15, 0.2) is 23.0 Å². The van der Waals surface area contributed by atoms with Gasteiger partial charge in [0.25, 0.3) is 0 Å². The molecule has 0 fully saturated rings. The van der Waals surface area contributed by atoms with E-state index in [9.17, 15) is 9.59 Å². The summed E-state index contributed by atoms with van der Waals surface area (Å²) in [6.07, 6.45) is 0.160. The van der Waals surface area contributed by atoms with Crippen LogP contribution in [0.3, 0.4) is 0 Å². The second kappa shape index (κ2) is 9.52. The standard InChI is InChI=1S/C26H28N2O8/c1-15-25(23(29)35-27-15,13-17-7-9-19(31-3)21(11-17)33-5)26(16(2)28-36-24(26)30)14-18-8-10-20(32-4)22(12-18)34-6/h7-12H,13-14H2,1-6H3. The Balaban J connectivity index is 1.90. The summed E-state index contributed by atoms with van der Waals surface area (Å²) in [5, 5.41) is 8.02. The van der Waals surface area contributed by atoms with Crippen LogP contribution in [0.15, 0.2) is 46.7 Å². The molecular formula is C26H28N2O8. The maximum Gasteiger partial charge on any atom is 0.348 e. The maximum atomic E-state index is 13.6. The number of benzene rings is 2. The van der Waals surface area contributed by atoms with Gasteiger partial charge in [0, 0.05) is 0 Å². The molecule has 2 aromatic carbocycles. The Morgan fingerprint density at radius 3 is 1.28 bits per heavy atom. The van der Waals surface area contributed by atoms with Gasteiger partial charge in [-0.15, -0.1) is 0 Å². The van der Waals surface area contributed by atoms with Crippen LogP contribution in [0.4, 0.5) is 0 Å². The third kappa shape index (κ3) is 3.64. The normalized spacial score (nSPS) is 22.9. The van der Waals surface area contributed by atoms with Crippen LogP contribution in [-0.2, 0) is 32.1 Å². The van der Waals surface area contributed by atoms with Crippen LogP contribution >= 0.6 is 0 Å². The first kappa shape index (κ1) is 25.0. The Morgan fingerprint density at radius 1 is 0.639 bits per heavy atom. The van der Waals surface area contributed by atoms with Crippen molar-refractivity contribution in [3.05, 3.63) is 47.5 Å². The minimum Gasteiger partial charge on any atom is -0.493 e. The molecule has 0 spiro atoms. The summed E-state index contributed by atoms with van der Waals surface area (Å²) < 4.78 is 21.6.